The van der Waals surface area contributed by atoms with Crippen LogP contribution < -0.4 is 0 Å². The molecule has 0 fully saturated rings. The Labute approximate surface area is 119 Å². The van der Waals surface area contributed by atoms with Crippen molar-refractivity contribution in [3.63, 3.8) is 0 Å². The Morgan fingerprint density at radius 2 is 1.89 bits per heavy atom. The highest BCUT2D eigenvalue weighted by atomic mass is 79.9. The number of nitrogens with zero attached hydrogens (tertiary/aromatic N) is 1. The van der Waals surface area contributed by atoms with Gasteiger partial charge < -0.3 is 5.11 Å². The first-order chi connectivity index (χ1) is 9.08. The smallest absolute Gasteiger partial charge is 0.270 e. The maximum atomic E-state index is 10.6. The molecule has 0 aliphatic heterocycles. The van der Waals surface area contributed by atoms with Gasteiger partial charge in [0.05, 0.1) is 11.0 Å². The lowest BCUT2D eigenvalue weighted by Crippen LogP contribution is -2.02. The molecule has 1 N–H and O–H groups in total. The molecule has 2 rings (SSSR count). The Hall–Kier alpha value is -1.72. The summed E-state index contributed by atoms with van der Waals surface area (Å²) in [6.07, 6.45) is -0.221. The predicted molar refractivity (Wildman–Crippen MR) is 75.9 cm³/mol. The molecule has 0 amide bonds. The molecule has 98 valence electrons. The fraction of sp³-hybridized carbons (Fsp3) is 0.143. The topological polar surface area (TPSA) is 63.4 Å². The van der Waals surface area contributed by atoms with Gasteiger partial charge in [-0.3, -0.25) is 10.1 Å². The average molecular weight is 322 g/mol. The molecule has 2 aromatic carbocycles. The molecular formula is C14H12BrNO3. The average Bonchev–Trinajstić information content (AvgIpc) is 2.41. The van der Waals surface area contributed by atoms with Gasteiger partial charge in [0.2, 0.25) is 0 Å². The molecule has 0 aromatic heterocycles. The fourth-order valence-corrected chi connectivity index (χ4v) is 2.35. The van der Waals surface area contributed by atoms with Crippen molar-refractivity contribution in [2.24, 2.45) is 0 Å². The van der Waals surface area contributed by atoms with Crippen molar-refractivity contribution >= 4 is 21.6 Å². The third-order valence-corrected chi connectivity index (χ3v) is 3.58. The maximum Gasteiger partial charge on any atom is 0.270 e. The quantitative estimate of drug-likeness (QED) is 0.690. The minimum absolute atomic E-state index is 0.0322. The third-order valence-electron chi connectivity index (χ3n) is 2.85. The molecule has 0 aliphatic rings. The van der Waals surface area contributed by atoms with E-state index in [1.807, 2.05) is 30.3 Å². The molecule has 19 heavy (non-hydrogen) atoms. The fourth-order valence-electron chi connectivity index (χ4n) is 1.82. The van der Waals surface area contributed by atoms with Crippen LogP contribution in [0.3, 0.4) is 0 Å². The van der Waals surface area contributed by atoms with Gasteiger partial charge in [-0.25, -0.2) is 0 Å². The van der Waals surface area contributed by atoms with Gasteiger partial charge in [0.1, 0.15) is 0 Å². The van der Waals surface area contributed by atoms with Crippen LogP contribution in [0.15, 0.2) is 53.0 Å². The first-order valence-corrected chi connectivity index (χ1v) is 6.53. The molecule has 5 heteroatoms. The second-order valence-electron chi connectivity index (χ2n) is 4.16. The summed E-state index contributed by atoms with van der Waals surface area (Å²) < 4.78 is 0.636. The SMILES string of the molecule is O=[N+]([O-])c1ccc(CC(O)c2ccccc2)c(Br)c1. The Morgan fingerprint density at radius 1 is 1.21 bits per heavy atom. The zero-order chi connectivity index (χ0) is 13.8. The number of nitro groups is 1. The number of benzene rings is 2. The lowest BCUT2D eigenvalue weighted by atomic mass is 10.0. The number of aliphatic hydroxyl groups excluding tert-OH is 1. The van der Waals surface area contributed by atoms with E-state index in [-0.39, 0.29) is 5.69 Å². The summed E-state index contributed by atoms with van der Waals surface area (Å²) in [7, 11) is 0. The zero-order valence-electron chi connectivity index (χ0n) is 9.99. The first-order valence-electron chi connectivity index (χ1n) is 5.74. The second kappa shape index (κ2) is 5.95. The Bertz CT molecular complexity index is 586. The van der Waals surface area contributed by atoms with Crippen molar-refractivity contribution < 1.29 is 10.0 Å². The van der Waals surface area contributed by atoms with Gasteiger partial charge in [0, 0.05) is 23.0 Å². The standard InChI is InChI=1S/C14H12BrNO3/c15-13-9-12(16(18)19)7-6-11(13)8-14(17)10-4-2-1-3-5-10/h1-7,9,14,17H,8H2. The number of aliphatic hydroxyl groups is 1. The molecule has 0 saturated carbocycles. The third kappa shape index (κ3) is 3.39. The number of halogens is 1. The van der Waals surface area contributed by atoms with Gasteiger partial charge >= 0.3 is 0 Å². The van der Waals surface area contributed by atoms with Crippen molar-refractivity contribution in [3.05, 3.63) is 74.2 Å². The normalized spacial score (nSPS) is 12.1. The molecule has 0 radical (unpaired) electrons. The lowest BCUT2D eigenvalue weighted by molar-refractivity contribution is -0.384. The predicted octanol–water partition coefficient (Wildman–Crippen LogP) is 3.63. The number of rotatable bonds is 4. The van der Waals surface area contributed by atoms with Crippen LogP contribution in [0.25, 0.3) is 0 Å². The Morgan fingerprint density at radius 3 is 2.47 bits per heavy atom. The minimum Gasteiger partial charge on any atom is -0.388 e. The highest BCUT2D eigenvalue weighted by molar-refractivity contribution is 9.10. The zero-order valence-corrected chi connectivity index (χ0v) is 11.6. The summed E-state index contributed by atoms with van der Waals surface area (Å²) in [5.74, 6) is 0. The van der Waals surface area contributed by atoms with Gasteiger partial charge in [-0.15, -0.1) is 0 Å². The molecule has 0 saturated heterocycles. The van der Waals surface area contributed by atoms with Gasteiger partial charge in [-0.05, 0) is 11.1 Å². The van der Waals surface area contributed by atoms with E-state index in [1.54, 1.807) is 6.07 Å². The highest BCUT2D eigenvalue weighted by Gasteiger charge is 2.13. The van der Waals surface area contributed by atoms with E-state index < -0.39 is 11.0 Å². The van der Waals surface area contributed by atoms with Gasteiger partial charge in [-0.1, -0.05) is 52.3 Å². The number of nitro benzene ring substituents is 1. The molecule has 0 spiro atoms. The first kappa shape index (κ1) is 13.7. The van der Waals surface area contributed by atoms with Crippen LogP contribution >= 0.6 is 15.9 Å². The molecular weight excluding hydrogens is 310 g/mol. The molecule has 0 heterocycles. The van der Waals surface area contributed by atoms with Gasteiger partial charge in [-0.2, -0.15) is 0 Å². The van der Waals surface area contributed by atoms with Gasteiger partial charge in [0.25, 0.3) is 5.69 Å². The second-order valence-corrected chi connectivity index (χ2v) is 5.02. The molecule has 0 aliphatic carbocycles. The van der Waals surface area contributed by atoms with Gasteiger partial charge in [0.15, 0.2) is 0 Å². The van der Waals surface area contributed by atoms with E-state index in [2.05, 4.69) is 15.9 Å². The van der Waals surface area contributed by atoms with E-state index in [0.717, 1.165) is 11.1 Å². The van der Waals surface area contributed by atoms with Crippen molar-refractivity contribution in [1.82, 2.24) is 0 Å². The van der Waals surface area contributed by atoms with E-state index in [4.69, 9.17) is 0 Å². The maximum absolute atomic E-state index is 10.6. The Kier molecular flexibility index (Phi) is 4.29. The van der Waals surface area contributed by atoms with Crippen LogP contribution in [0.2, 0.25) is 0 Å². The summed E-state index contributed by atoms with van der Waals surface area (Å²) in [6.45, 7) is 0. The van der Waals surface area contributed by atoms with Crippen molar-refractivity contribution in [2.45, 2.75) is 12.5 Å². The summed E-state index contributed by atoms with van der Waals surface area (Å²) in [6, 6.07) is 13.9. The monoisotopic (exact) mass is 321 g/mol. The largest absolute Gasteiger partial charge is 0.388 e. The van der Waals surface area contributed by atoms with E-state index in [1.165, 1.54) is 12.1 Å². The summed E-state index contributed by atoms with van der Waals surface area (Å²) in [5, 5.41) is 20.8. The number of hydrogen-bond donors (Lipinski definition) is 1. The highest BCUT2D eigenvalue weighted by Crippen LogP contribution is 2.27. The molecule has 0 bridgehead atoms. The summed E-state index contributed by atoms with van der Waals surface area (Å²) >= 11 is 3.30. The minimum atomic E-state index is -0.626. The summed E-state index contributed by atoms with van der Waals surface area (Å²) in [5.41, 5.74) is 1.69. The molecule has 1 atom stereocenters. The Balaban J connectivity index is 2.18. The van der Waals surface area contributed by atoms with Crippen LogP contribution in [-0.4, -0.2) is 10.0 Å². The lowest BCUT2D eigenvalue weighted by Gasteiger charge is -2.12. The van der Waals surface area contributed by atoms with Crippen LogP contribution in [0.5, 0.6) is 0 Å². The van der Waals surface area contributed by atoms with Crippen LogP contribution in [0, 0.1) is 10.1 Å². The van der Waals surface area contributed by atoms with E-state index >= 15 is 0 Å². The molecule has 1 unspecified atom stereocenters. The number of non-ortho nitro benzene ring substituents is 1. The summed E-state index contributed by atoms with van der Waals surface area (Å²) in [4.78, 5) is 10.2. The molecule has 2 aromatic rings. The van der Waals surface area contributed by atoms with Crippen LogP contribution in [0.4, 0.5) is 5.69 Å². The molecule has 4 nitrogen and oxygen atoms in total. The van der Waals surface area contributed by atoms with Crippen LogP contribution in [-0.2, 0) is 6.42 Å². The van der Waals surface area contributed by atoms with Crippen molar-refractivity contribution in [1.29, 1.82) is 0 Å². The van der Waals surface area contributed by atoms with E-state index in [0.29, 0.717) is 10.9 Å². The van der Waals surface area contributed by atoms with E-state index in [9.17, 15) is 15.2 Å². The number of hydrogen-bond acceptors (Lipinski definition) is 3. The van der Waals surface area contributed by atoms with Crippen molar-refractivity contribution in [2.75, 3.05) is 0 Å². The van der Waals surface area contributed by atoms with Crippen molar-refractivity contribution in [3.8, 4) is 0 Å². The van der Waals surface area contributed by atoms with Crippen LogP contribution in [0.1, 0.15) is 17.2 Å².